The lowest BCUT2D eigenvalue weighted by molar-refractivity contribution is -0.123. The Labute approximate surface area is 163 Å². The molecule has 1 amide bonds. The molecule has 3 aromatic rings. The second kappa shape index (κ2) is 7.09. The minimum absolute atomic E-state index is 0.0120. The van der Waals surface area contributed by atoms with Gasteiger partial charge in [0.1, 0.15) is 17.7 Å². The van der Waals surface area contributed by atoms with E-state index >= 15 is 0 Å². The number of aromatic amines is 1. The molecule has 1 saturated heterocycles. The summed E-state index contributed by atoms with van der Waals surface area (Å²) in [6.45, 7) is 1.70. The third-order valence-corrected chi connectivity index (χ3v) is 5.32. The first-order valence-corrected chi connectivity index (χ1v) is 9.47. The van der Waals surface area contributed by atoms with Crippen molar-refractivity contribution in [2.24, 2.45) is 0 Å². The molecule has 0 spiro atoms. The molecule has 0 unspecified atom stereocenters. The standard InChI is InChI=1S/C21H21N5O2/c27-21-18-11-16(13-25(18)14-20-23-9-10-24-20)28-19-7-2-1-6-17(19)26(21)12-15-5-3-4-8-22-15/h1-10,16,18H,11-14H2,(H,23,24)/t16-,18-/m0/s1. The van der Waals surface area contributed by atoms with Gasteiger partial charge in [0.2, 0.25) is 5.91 Å². The van der Waals surface area contributed by atoms with Crippen LogP contribution in [0.1, 0.15) is 17.9 Å². The number of H-pyrrole nitrogens is 1. The van der Waals surface area contributed by atoms with Crippen LogP contribution in [-0.2, 0) is 17.9 Å². The minimum Gasteiger partial charge on any atom is -0.487 e. The molecule has 1 aromatic carbocycles. The summed E-state index contributed by atoms with van der Waals surface area (Å²) in [6, 6.07) is 13.3. The van der Waals surface area contributed by atoms with Crippen molar-refractivity contribution < 1.29 is 9.53 Å². The topological polar surface area (TPSA) is 74.3 Å². The molecule has 7 heteroatoms. The third kappa shape index (κ3) is 3.14. The smallest absolute Gasteiger partial charge is 0.244 e. The maximum Gasteiger partial charge on any atom is 0.244 e. The van der Waals surface area contributed by atoms with Gasteiger partial charge < -0.3 is 14.6 Å². The Kier molecular flexibility index (Phi) is 4.29. The zero-order valence-corrected chi connectivity index (χ0v) is 15.4. The zero-order chi connectivity index (χ0) is 18.9. The first-order chi connectivity index (χ1) is 13.8. The highest BCUT2D eigenvalue weighted by atomic mass is 16.5. The monoisotopic (exact) mass is 375 g/mol. The molecule has 2 bridgehead atoms. The Morgan fingerprint density at radius 1 is 1.07 bits per heavy atom. The van der Waals surface area contributed by atoms with E-state index in [9.17, 15) is 4.79 Å². The van der Waals surface area contributed by atoms with E-state index in [0.717, 1.165) is 23.0 Å². The molecular weight excluding hydrogens is 354 g/mol. The van der Waals surface area contributed by atoms with E-state index in [1.165, 1.54) is 0 Å². The summed E-state index contributed by atoms with van der Waals surface area (Å²) in [5.74, 6) is 1.68. The Morgan fingerprint density at radius 2 is 1.96 bits per heavy atom. The molecule has 5 rings (SSSR count). The number of likely N-dealkylation sites (tertiary alicyclic amines) is 1. The van der Waals surface area contributed by atoms with Crippen molar-refractivity contribution in [3.05, 3.63) is 72.6 Å². The molecule has 2 aliphatic rings. The normalized spacial score (nSPS) is 21.7. The van der Waals surface area contributed by atoms with Crippen molar-refractivity contribution in [3.8, 4) is 5.75 Å². The number of hydrogen-bond acceptors (Lipinski definition) is 5. The maximum absolute atomic E-state index is 13.6. The van der Waals surface area contributed by atoms with Crippen LogP contribution >= 0.6 is 0 Å². The molecule has 0 radical (unpaired) electrons. The number of imidazole rings is 1. The van der Waals surface area contributed by atoms with Crippen LogP contribution in [0.2, 0.25) is 0 Å². The van der Waals surface area contributed by atoms with E-state index < -0.39 is 0 Å². The van der Waals surface area contributed by atoms with E-state index in [1.807, 2.05) is 42.5 Å². The number of para-hydroxylation sites is 2. The van der Waals surface area contributed by atoms with Crippen LogP contribution in [0.15, 0.2) is 61.1 Å². The van der Waals surface area contributed by atoms with E-state index in [1.54, 1.807) is 23.5 Å². The lowest BCUT2D eigenvalue weighted by Gasteiger charge is -2.31. The lowest BCUT2D eigenvalue weighted by Crippen LogP contribution is -2.45. The number of nitrogens with one attached hydrogen (secondary N) is 1. The van der Waals surface area contributed by atoms with E-state index in [2.05, 4.69) is 19.9 Å². The van der Waals surface area contributed by atoms with E-state index in [0.29, 0.717) is 26.1 Å². The van der Waals surface area contributed by atoms with Gasteiger partial charge in [0.25, 0.3) is 0 Å². The molecule has 28 heavy (non-hydrogen) atoms. The number of carbonyl (C=O) groups excluding carboxylic acids is 1. The first kappa shape index (κ1) is 16.9. The van der Waals surface area contributed by atoms with Crippen LogP contribution in [0, 0.1) is 0 Å². The summed E-state index contributed by atoms with van der Waals surface area (Å²) >= 11 is 0. The average Bonchev–Trinajstić information content (AvgIpc) is 3.37. The van der Waals surface area contributed by atoms with Crippen LogP contribution in [0.25, 0.3) is 0 Å². The number of amides is 1. The molecular formula is C21H21N5O2. The van der Waals surface area contributed by atoms with Crippen molar-refractivity contribution in [3.63, 3.8) is 0 Å². The van der Waals surface area contributed by atoms with Gasteiger partial charge in [-0.3, -0.25) is 14.7 Å². The van der Waals surface area contributed by atoms with Crippen molar-refractivity contribution in [1.82, 2.24) is 19.9 Å². The summed E-state index contributed by atoms with van der Waals surface area (Å²) in [5.41, 5.74) is 1.64. The highest BCUT2D eigenvalue weighted by molar-refractivity contribution is 5.99. The van der Waals surface area contributed by atoms with Gasteiger partial charge in [0.15, 0.2) is 0 Å². The largest absolute Gasteiger partial charge is 0.487 e. The summed E-state index contributed by atoms with van der Waals surface area (Å²) in [7, 11) is 0. The third-order valence-electron chi connectivity index (χ3n) is 5.32. The first-order valence-electron chi connectivity index (χ1n) is 9.47. The predicted octanol–water partition coefficient (Wildman–Crippen LogP) is 2.37. The Bertz CT molecular complexity index is 960. The molecule has 0 aliphatic carbocycles. The van der Waals surface area contributed by atoms with Gasteiger partial charge in [-0.15, -0.1) is 0 Å². The van der Waals surface area contributed by atoms with E-state index in [-0.39, 0.29) is 18.1 Å². The fourth-order valence-electron chi connectivity index (χ4n) is 4.03. The maximum atomic E-state index is 13.6. The molecule has 1 N–H and O–H groups in total. The molecule has 4 heterocycles. The lowest BCUT2D eigenvalue weighted by atomic mass is 10.1. The molecule has 2 atom stereocenters. The fraction of sp³-hybridized carbons (Fsp3) is 0.286. The van der Waals surface area contributed by atoms with Crippen LogP contribution in [0.5, 0.6) is 5.75 Å². The SMILES string of the molecule is O=C1[C@@H]2C[C@@H](CN2Cc2ncc[nH]2)Oc2ccccc2N1Cc1ccccn1. The highest BCUT2D eigenvalue weighted by Crippen LogP contribution is 2.37. The van der Waals surface area contributed by atoms with Crippen LogP contribution in [-0.4, -0.2) is 44.4 Å². The van der Waals surface area contributed by atoms with E-state index in [4.69, 9.17) is 4.74 Å². The van der Waals surface area contributed by atoms with Crippen molar-refractivity contribution in [2.45, 2.75) is 31.7 Å². The molecule has 0 saturated carbocycles. The number of rotatable bonds is 4. The minimum atomic E-state index is -0.243. The Hall–Kier alpha value is -3.19. The van der Waals surface area contributed by atoms with Crippen molar-refractivity contribution in [1.29, 1.82) is 0 Å². The van der Waals surface area contributed by atoms with Crippen molar-refractivity contribution >= 4 is 11.6 Å². The molecule has 7 nitrogen and oxygen atoms in total. The summed E-state index contributed by atoms with van der Waals surface area (Å²) in [6.07, 6.45) is 5.95. The summed E-state index contributed by atoms with van der Waals surface area (Å²) < 4.78 is 6.31. The summed E-state index contributed by atoms with van der Waals surface area (Å²) in [4.78, 5) is 29.5. The van der Waals surface area contributed by atoms with Gasteiger partial charge >= 0.3 is 0 Å². The zero-order valence-electron chi connectivity index (χ0n) is 15.4. The van der Waals surface area contributed by atoms with Gasteiger partial charge in [-0.05, 0) is 24.3 Å². The Balaban J connectivity index is 1.50. The number of pyridine rings is 1. The molecule has 1 fully saturated rings. The van der Waals surface area contributed by atoms with Crippen LogP contribution < -0.4 is 9.64 Å². The van der Waals surface area contributed by atoms with Gasteiger partial charge in [0, 0.05) is 31.6 Å². The molecule has 2 aliphatic heterocycles. The number of anilines is 1. The average molecular weight is 375 g/mol. The number of benzene rings is 1. The number of fused-ring (bicyclic) bond motifs is 3. The summed E-state index contributed by atoms with van der Waals surface area (Å²) in [5, 5.41) is 0. The number of hydrogen-bond donors (Lipinski definition) is 1. The van der Waals surface area contributed by atoms with Crippen molar-refractivity contribution in [2.75, 3.05) is 11.4 Å². The van der Waals surface area contributed by atoms with Gasteiger partial charge in [-0.25, -0.2) is 4.98 Å². The molecule has 142 valence electrons. The number of ether oxygens (including phenoxy) is 1. The predicted molar refractivity (Wildman–Crippen MR) is 104 cm³/mol. The number of nitrogens with zero attached hydrogens (tertiary/aromatic N) is 4. The second-order valence-electron chi connectivity index (χ2n) is 7.17. The number of carbonyl (C=O) groups is 1. The van der Waals surface area contributed by atoms with Gasteiger partial charge in [-0.1, -0.05) is 18.2 Å². The van der Waals surface area contributed by atoms with Gasteiger partial charge in [0.05, 0.1) is 30.5 Å². The molecule has 2 aromatic heterocycles. The van der Waals surface area contributed by atoms with Crippen LogP contribution in [0.3, 0.4) is 0 Å². The van der Waals surface area contributed by atoms with Crippen LogP contribution in [0.4, 0.5) is 5.69 Å². The number of aromatic nitrogens is 3. The highest BCUT2D eigenvalue weighted by Gasteiger charge is 2.43. The second-order valence-corrected chi connectivity index (χ2v) is 7.17. The Morgan fingerprint density at radius 3 is 2.79 bits per heavy atom. The quantitative estimate of drug-likeness (QED) is 0.758. The van der Waals surface area contributed by atoms with Gasteiger partial charge in [-0.2, -0.15) is 0 Å². The fourth-order valence-corrected chi connectivity index (χ4v) is 4.03.